The maximum absolute atomic E-state index is 13.7. The van der Waals surface area contributed by atoms with Crippen LogP contribution in [0.5, 0.6) is 11.5 Å². The normalized spacial score (nSPS) is 28.2. The van der Waals surface area contributed by atoms with Crippen LogP contribution in [0, 0.1) is 11.3 Å². The molecule has 1 aliphatic carbocycles. The number of carboxylic acids is 1. The van der Waals surface area contributed by atoms with E-state index < -0.39 is 16.8 Å². The van der Waals surface area contributed by atoms with Gasteiger partial charge in [0, 0.05) is 19.0 Å². The van der Waals surface area contributed by atoms with Gasteiger partial charge in [-0.3, -0.25) is 9.59 Å². The molecule has 1 N–H and O–H groups in total. The summed E-state index contributed by atoms with van der Waals surface area (Å²) in [5.74, 6) is 0.263. The highest BCUT2D eigenvalue weighted by Gasteiger charge is 2.59. The van der Waals surface area contributed by atoms with Crippen molar-refractivity contribution >= 4 is 11.9 Å². The summed E-state index contributed by atoms with van der Waals surface area (Å²) < 4.78 is 16.2. The molecule has 1 aromatic rings. The molecule has 2 atom stereocenters. The molecule has 0 unspecified atom stereocenters. The fraction of sp³-hybridized carbons (Fsp3) is 0.619. The van der Waals surface area contributed by atoms with Crippen LogP contribution in [0.2, 0.25) is 0 Å². The lowest BCUT2D eigenvalue weighted by atomic mass is 9.77. The van der Waals surface area contributed by atoms with E-state index in [1.165, 1.54) is 0 Å². The first-order valence-electron chi connectivity index (χ1n) is 9.80. The van der Waals surface area contributed by atoms with Crippen molar-refractivity contribution in [2.75, 3.05) is 40.5 Å². The number of carbonyl (C=O) groups excluding carboxylic acids is 1. The molecule has 1 amide bonds. The minimum atomic E-state index is -0.965. The quantitative estimate of drug-likeness (QED) is 0.830. The Morgan fingerprint density at radius 1 is 1.18 bits per heavy atom. The van der Waals surface area contributed by atoms with Gasteiger partial charge in [-0.2, -0.15) is 0 Å². The van der Waals surface area contributed by atoms with Gasteiger partial charge in [-0.1, -0.05) is 18.9 Å². The number of ether oxygens (including phenoxy) is 3. The number of likely N-dealkylation sites (tertiary alicyclic amines) is 1. The van der Waals surface area contributed by atoms with Crippen molar-refractivity contribution in [1.82, 2.24) is 4.90 Å². The topological polar surface area (TPSA) is 85.3 Å². The first kappa shape index (κ1) is 19.1. The molecule has 2 saturated heterocycles. The fourth-order valence-electron chi connectivity index (χ4n) is 5.23. The highest BCUT2D eigenvalue weighted by Crippen LogP contribution is 2.48. The molecule has 1 saturated carbocycles. The molecule has 2 aliphatic heterocycles. The highest BCUT2D eigenvalue weighted by atomic mass is 16.5. The molecule has 0 aromatic heterocycles. The lowest BCUT2D eigenvalue weighted by Crippen LogP contribution is -2.46. The van der Waals surface area contributed by atoms with Crippen molar-refractivity contribution in [2.24, 2.45) is 11.3 Å². The number of carboxylic acid groups (broad SMARTS) is 1. The maximum Gasteiger partial charge on any atom is 0.314 e. The predicted octanol–water partition coefficient (Wildman–Crippen LogP) is 2.08. The van der Waals surface area contributed by atoms with Crippen LogP contribution in [0.25, 0.3) is 0 Å². The highest BCUT2D eigenvalue weighted by molar-refractivity contribution is 5.90. The van der Waals surface area contributed by atoms with Gasteiger partial charge in [0.05, 0.1) is 32.8 Å². The zero-order valence-corrected chi connectivity index (χ0v) is 16.4. The van der Waals surface area contributed by atoms with Crippen molar-refractivity contribution in [1.29, 1.82) is 0 Å². The average Bonchev–Trinajstić information content (AvgIpc) is 3.41. The van der Waals surface area contributed by atoms with E-state index in [4.69, 9.17) is 14.2 Å². The van der Waals surface area contributed by atoms with Gasteiger partial charge in [0.2, 0.25) is 5.91 Å². The van der Waals surface area contributed by atoms with E-state index in [0.29, 0.717) is 24.7 Å². The second-order valence-electron chi connectivity index (χ2n) is 8.22. The molecular weight excluding hydrogens is 362 g/mol. The molecule has 2 heterocycles. The minimum absolute atomic E-state index is 0.0345. The van der Waals surface area contributed by atoms with Gasteiger partial charge >= 0.3 is 5.97 Å². The molecule has 0 spiro atoms. The first-order valence-corrected chi connectivity index (χ1v) is 9.80. The molecule has 0 radical (unpaired) electrons. The van der Waals surface area contributed by atoms with E-state index in [-0.39, 0.29) is 25.0 Å². The van der Waals surface area contributed by atoms with Crippen LogP contribution in [-0.4, -0.2) is 62.4 Å². The van der Waals surface area contributed by atoms with Gasteiger partial charge in [0.1, 0.15) is 5.41 Å². The Kier molecular flexibility index (Phi) is 4.73. The fourth-order valence-corrected chi connectivity index (χ4v) is 5.23. The van der Waals surface area contributed by atoms with Crippen molar-refractivity contribution in [3.8, 4) is 11.5 Å². The van der Waals surface area contributed by atoms with E-state index in [1.54, 1.807) is 19.1 Å². The van der Waals surface area contributed by atoms with E-state index in [2.05, 4.69) is 0 Å². The van der Waals surface area contributed by atoms with Gasteiger partial charge in [-0.05, 0) is 30.5 Å². The standard InChI is InChI=1S/C21H27NO6/c1-26-16-6-5-14(9-17(16)27-2)20(7-3-4-8-20)18(23)22-10-15-11-28-13-21(15,12-22)19(24)25/h5-6,9,15H,3-4,7-8,10-13H2,1-2H3,(H,24,25)/t15-,21-/m1/s1. The zero-order chi connectivity index (χ0) is 19.9. The van der Waals surface area contributed by atoms with E-state index in [0.717, 1.165) is 31.2 Å². The summed E-state index contributed by atoms with van der Waals surface area (Å²) in [6.07, 6.45) is 3.48. The molecule has 4 rings (SSSR count). The summed E-state index contributed by atoms with van der Waals surface area (Å²) in [6.45, 7) is 1.25. The minimum Gasteiger partial charge on any atom is -0.493 e. The summed E-state index contributed by atoms with van der Waals surface area (Å²) in [5, 5.41) is 9.80. The second kappa shape index (κ2) is 6.95. The SMILES string of the molecule is COc1ccc(C2(C(=O)N3C[C@@H]4COC[C@]4(C(=O)O)C3)CCCC2)cc1OC. The first-order chi connectivity index (χ1) is 13.5. The maximum atomic E-state index is 13.7. The number of methoxy groups -OCH3 is 2. The Bertz CT molecular complexity index is 787. The third-order valence-corrected chi connectivity index (χ3v) is 6.89. The average molecular weight is 389 g/mol. The Balaban J connectivity index is 1.67. The zero-order valence-electron chi connectivity index (χ0n) is 16.4. The third-order valence-electron chi connectivity index (χ3n) is 6.89. The smallest absolute Gasteiger partial charge is 0.314 e. The summed E-state index contributed by atoms with van der Waals surface area (Å²) in [5.41, 5.74) is -0.670. The van der Waals surface area contributed by atoms with Crippen molar-refractivity contribution in [2.45, 2.75) is 31.1 Å². The summed E-state index contributed by atoms with van der Waals surface area (Å²) in [4.78, 5) is 27.5. The van der Waals surface area contributed by atoms with Gasteiger partial charge < -0.3 is 24.2 Å². The van der Waals surface area contributed by atoms with Crippen LogP contribution in [-0.2, 0) is 19.7 Å². The number of amides is 1. The Labute approximate surface area is 164 Å². The Morgan fingerprint density at radius 2 is 1.89 bits per heavy atom. The Hall–Kier alpha value is -2.28. The number of aliphatic carboxylic acids is 1. The van der Waals surface area contributed by atoms with Crippen LogP contribution in [0.3, 0.4) is 0 Å². The molecule has 7 nitrogen and oxygen atoms in total. The molecule has 28 heavy (non-hydrogen) atoms. The largest absolute Gasteiger partial charge is 0.493 e. The van der Waals surface area contributed by atoms with Gasteiger partial charge in [-0.25, -0.2) is 0 Å². The van der Waals surface area contributed by atoms with Crippen LogP contribution in [0.1, 0.15) is 31.2 Å². The summed E-state index contributed by atoms with van der Waals surface area (Å²) in [6, 6.07) is 5.68. The third kappa shape index (κ3) is 2.67. The molecule has 3 fully saturated rings. The number of nitrogens with zero attached hydrogens (tertiary/aromatic N) is 1. The molecule has 152 valence electrons. The van der Waals surface area contributed by atoms with E-state index >= 15 is 0 Å². The van der Waals surface area contributed by atoms with E-state index in [9.17, 15) is 14.7 Å². The monoisotopic (exact) mass is 389 g/mol. The number of fused-ring (bicyclic) bond motifs is 1. The van der Waals surface area contributed by atoms with Crippen LogP contribution < -0.4 is 9.47 Å². The van der Waals surface area contributed by atoms with Crippen molar-refractivity contribution < 1.29 is 28.9 Å². The lowest BCUT2D eigenvalue weighted by Gasteiger charge is -2.34. The van der Waals surface area contributed by atoms with Crippen molar-refractivity contribution in [3.63, 3.8) is 0 Å². The van der Waals surface area contributed by atoms with Gasteiger partial charge in [-0.15, -0.1) is 0 Å². The van der Waals surface area contributed by atoms with Crippen LogP contribution in [0.15, 0.2) is 18.2 Å². The number of carbonyl (C=O) groups is 2. The predicted molar refractivity (Wildman–Crippen MR) is 101 cm³/mol. The van der Waals surface area contributed by atoms with Crippen molar-refractivity contribution in [3.05, 3.63) is 23.8 Å². The second-order valence-corrected chi connectivity index (χ2v) is 8.22. The molecule has 7 heteroatoms. The number of hydrogen-bond donors (Lipinski definition) is 1. The summed E-state index contributed by atoms with van der Waals surface area (Å²) in [7, 11) is 3.17. The molecule has 1 aromatic carbocycles. The summed E-state index contributed by atoms with van der Waals surface area (Å²) >= 11 is 0. The number of rotatable bonds is 5. The van der Waals surface area contributed by atoms with Gasteiger partial charge in [0.25, 0.3) is 0 Å². The number of hydrogen-bond acceptors (Lipinski definition) is 5. The van der Waals surface area contributed by atoms with Crippen LogP contribution in [0.4, 0.5) is 0 Å². The molecule has 0 bridgehead atoms. The number of benzene rings is 1. The molecule has 3 aliphatic rings. The Morgan fingerprint density at radius 3 is 2.50 bits per heavy atom. The molecular formula is C21H27NO6. The van der Waals surface area contributed by atoms with Gasteiger partial charge in [0.15, 0.2) is 11.5 Å². The lowest BCUT2D eigenvalue weighted by molar-refractivity contribution is -0.150. The van der Waals surface area contributed by atoms with E-state index in [1.807, 2.05) is 18.2 Å². The van der Waals surface area contributed by atoms with Crippen LogP contribution >= 0.6 is 0 Å².